The summed E-state index contributed by atoms with van der Waals surface area (Å²) in [5, 5.41) is 6.68. The van der Waals surface area contributed by atoms with Crippen LogP contribution < -0.4 is 15.5 Å². The number of hydrogen-bond donors (Lipinski definition) is 2. The number of hydrazone groups is 1. The van der Waals surface area contributed by atoms with Crippen molar-refractivity contribution >= 4 is 23.7 Å². The number of hydrogen-bond acceptors (Lipinski definition) is 4. The van der Waals surface area contributed by atoms with E-state index in [-0.39, 0.29) is 18.4 Å². The van der Waals surface area contributed by atoms with Gasteiger partial charge in [-0.25, -0.2) is 5.43 Å². The van der Waals surface area contributed by atoms with Crippen molar-refractivity contribution in [2.75, 3.05) is 5.32 Å². The van der Waals surface area contributed by atoms with Gasteiger partial charge in [-0.2, -0.15) is 5.10 Å². The molecule has 0 aliphatic carbocycles. The molecule has 0 atom stereocenters. The van der Waals surface area contributed by atoms with E-state index in [0.29, 0.717) is 5.75 Å². The van der Waals surface area contributed by atoms with Crippen molar-refractivity contribution in [3.63, 3.8) is 0 Å². The van der Waals surface area contributed by atoms with E-state index in [4.69, 9.17) is 4.74 Å². The molecule has 0 saturated carbocycles. The summed E-state index contributed by atoms with van der Waals surface area (Å²) in [5.74, 6) is -0.188. The van der Waals surface area contributed by atoms with Gasteiger partial charge in [0.15, 0.2) is 0 Å². The van der Waals surface area contributed by atoms with Crippen molar-refractivity contribution in [3.8, 4) is 5.75 Å². The van der Waals surface area contributed by atoms with Crippen LogP contribution in [0.15, 0.2) is 53.6 Å². The molecule has 6 nitrogen and oxygen atoms in total. The van der Waals surface area contributed by atoms with Gasteiger partial charge in [0.1, 0.15) is 12.2 Å². The number of carbonyl (C=O) groups is 2. The van der Waals surface area contributed by atoms with E-state index < -0.39 is 5.91 Å². The van der Waals surface area contributed by atoms with Crippen molar-refractivity contribution in [1.29, 1.82) is 0 Å². The lowest BCUT2D eigenvalue weighted by Crippen LogP contribution is -2.25. The van der Waals surface area contributed by atoms with Gasteiger partial charge >= 0.3 is 0 Å². The molecule has 142 valence electrons. The molecule has 0 unspecified atom stereocenters. The fourth-order valence-corrected chi connectivity index (χ4v) is 2.45. The Morgan fingerprint density at radius 2 is 1.78 bits per heavy atom. The first kappa shape index (κ1) is 20.2. The first-order valence-electron chi connectivity index (χ1n) is 8.95. The number of anilines is 1. The zero-order valence-corrected chi connectivity index (χ0v) is 15.9. The topological polar surface area (TPSA) is 79.8 Å². The van der Waals surface area contributed by atoms with E-state index in [1.807, 2.05) is 69.3 Å². The largest absolute Gasteiger partial charge is 0.490 e. The fourth-order valence-electron chi connectivity index (χ4n) is 2.45. The number of carbonyl (C=O) groups excluding carboxylic acids is 2. The third-order valence-corrected chi connectivity index (χ3v) is 3.67. The summed E-state index contributed by atoms with van der Waals surface area (Å²) in [5.41, 5.74) is 4.86. The summed E-state index contributed by atoms with van der Waals surface area (Å²) < 4.78 is 5.69. The predicted molar refractivity (Wildman–Crippen MR) is 107 cm³/mol. The number of nitrogens with zero attached hydrogens (tertiary/aromatic N) is 1. The summed E-state index contributed by atoms with van der Waals surface area (Å²) >= 11 is 0. The zero-order chi connectivity index (χ0) is 19.6. The normalized spacial score (nSPS) is 10.8. The van der Waals surface area contributed by atoms with E-state index in [9.17, 15) is 9.59 Å². The average Bonchev–Trinajstić information content (AvgIpc) is 2.63. The smallest absolute Gasteiger partial charge is 0.249 e. The fraction of sp³-hybridized carbons (Fsp3) is 0.286. The molecule has 0 aromatic heterocycles. The Bertz CT molecular complexity index is 816. The van der Waals surface area contributed by atoms with Crippen molar-refractivity contribution < 1.29 is 14.3 Å². The molecule has 0 fully saturated rings. The second-order valence-corrected chi connectivity index (χ2v) is 6.23. The molecule has 6 heteroatoms. The lowest BCUT2D eigenvalue weighted by molar-refractivity contribution is -0.126. The second-order valence-electron chi connectivity index (χ2n) is 6.23. The SMILES string of the molecule is CCc1ccccc1NC(=O)CC(=O)NN=Cc1ccccc1OC(C)C. The third kappa shape index (κ3) is 6.58. The zero-order valence-electron chi connectivity index (χ0n) is 15.9. The minimum absolute atomic E-state index is 0.0313. The molecule has 0 heterocycles. The van der Waals surface area contributed by atoms with Crippen LogP contribution in [0.1, 0.15) is 38.3 Å². The second kappa shape index (κ2) is 10.1. The summed E-state index contributed by atoms with van der Waals surface area (Å²) in [7, 11) is 0. The van der Waals surface area contributed by atoms with Gasteiger partial charge in [0, 0.05) is 11.3 Å². The first-order valence-corrected chi connectivity index (χ1v) is 8.95. The highest BCUT2D eigenvalue weighted by molar-refractivity contribution is 6.04. The molecule has 0 bridgehead atoms. The van der Waals surface area contributed by atoms with Crippen molar-refractivity contribution in [3.05, 3.63) is 59.7 Å². The third-order valence-electron chi connectivity index (χ3n) is 3.67. The Hall–Kier alpha value is -3.15. The van der Waals surface area contributed by atoms with Gasteiger partial charge in [0.05, 0.1) is 12.3 Å². The standard InChI is InChI=1S/C21H25N3O3/c1-4-16-9-5-7-11-18(16)23-20(25)13-21(26)24-22-14-17-10-6-8-12-19(17)27-15(2)3/h5-12,14-15H,4,13H2,1-3H3,(H,23,25)(H,24,26). The van der Waals surface area contributed by atoms with E-state index in [1.165, 1.54) is 6.21 Å². The Morgan fingerprint density at radius 3 is 2.52 bits per heavy atom. The quantitative estimate of drug-likeness (QED) is 0.426. The van der Waals surface area contributed by atoms with Crippen molar-refractivity contribution in [1.82, 2.24) is 5.43 Å². The maximum absolute atomic E-state index is 12.1. The lowest BCUT2D eigenvalue weighted by Gasteiger charge is -2.11. The van der Waals surface area contributed by atoms with Gasteiger partial charge in [-0.15, -0.1) is 0 Å². The van der Waals surface area contributed by atoms with Gasteiger partial charge in [-0.3, -0.25) is 9.59 Å². The minimum Gasteiger partial charge on any atom is -0.490 e. The average molecular weight is 367 g/mol. The molecule has 2 amide bonds. The van der Waals surface area contributed by atoms with Crippen LogP contribution in [-0.4, -0.2) is 24.1 Å². The lowest BCUT2D eigenvalue weighted by atomic mass is 10.1. The predicted octanol–water partition coefficient (Wildman–Crippen LogP) is 3.52. The van der Waals surface area contributed by atoms with Gasteiger partial charge in [-0.1, -0.05) is 37.3 Å². The molecule has 2 rings (SSSR count). The summed E-state index contributed by atoms with van der Waals surface area (Å²) in [6, 6.07) is 14.9. The number of aryl methyl sites for hydroxylation is 1. The highest BCUT2D eigenvalue weighted by Gasteiger charge is 2.10. The number of amides is 2. The van der Waals surface area contributed by atoms with Crippen molar-refractivity contribution in [2.24, 2.45) is 5.10 Å². The summed E-state index contributed by atoms with van der Waals surface area (Å²) in [6.45, 7) is 5.88. The van der Waals surface area contributed by atoms with Gasteiger partial charge < -0.3 is 10.1 Å². The highest BCUT2D eigenvalue weighted by Crippen LogP contribution is 2.17. The number of nitrogens with one attached hydrogen (secondary N) is 2. The van der Waals surface area contributed by atoms with Crippen LogP contribution in [0.4, 0.5) is 5.69 Å². The van der Waals surface area contributed by atoms with Crippen LogP contribution in [0.2, 0.25) is 0 Å². The maximum atomic E-state index is 12.1. The minimum atomic E-state index is -0.486. The Kier molecular flexibility index (Phi) is 7.55. The monoisotopic (exact) mass is 367 g/mol. The van der Waals surface area contributed by atoms with Crippen LogP contribution in [0.25, 0.3) is 0 Å². The molecule has 2 aromatic rings. The van der Waals surface area contributed by atoms with Crippen LogP contribution in [0.5, 0.6) is 5.75 Å². The number of benzene rings is 2. The molecule has 0 radical (unpaired) electrons. The first-order chi connectivity index (χ1) is 13.0. The Labute approximate surface area is 159 Å². The van der Waals surface area contributed by atoms with Gasteiger partial charge in [-0.05, 0) is 44.0 Å². The maximum Gasteiger partial charge on any atom is 0.249 e. The molecular weight excluding hydrogens is 342 g/mol. The molecule has 0 aliphatic heterocycles. The van der Waals surface area contributed by atoms with Crippen LogP contribution in [0.3, 0.4) is 0 Å². The molecular formula is C21H25N3O3. The van der Waals surface area contributed by atoms with E-state index in [1.54, 1.807) is 0 Å². The van der Waals surface area contributed by atoms with Crippen molar-refractivity contribution in [2.45, 2.75) is 39.7 Å². The Balaban J connectivity index is 1.89. The molecule has 27 heavy (non-hydrogen) atoms. The van der Waals surface area contributed by atoms with Gasteiger partial charge in [0.2, 0.25) is 11.8 Å². The highest BCUT2D eigenvalue weighted by atomic mass is 16.5. The Morgan fingerprint density at radius 1 is 1.07 bits per heavy atom. The number of ether oxygens (including phenoxy) is 1. The molecule has 2 aromatic carbocycles. The number of para-hydroxylation sites is 2. The molecule has 0 aliphatic rings. The summed E-state index contributed by atoms with van der Waals surface area (Å²) in [4.78, 5) is 24.0. The molecule has 0 spiro atoms. The van der Waals surface area contributed by atoms with E-state index in [0.717, 1.165) is 23.2 Å². The molecule has 0 saturated heterocycles. The van der Waals surface area contributed by atoms with Gasteiger partial charge in [0.25, 0.3) is 0 Å². The van der Waals surface area contributed by atoms with E-state index >= 15 is 0 Å². The molecule has 2 N–H and O–H groups in total. The van der Waals surface area contributed by atoms with Crippen LogP contribution in [-0.2, 0) is 16.0 Å². The number of rotatable bonds is 8. The summed E-state index contributed by atoms with van der Waals surface area (Å²) in [6.07, 6.45) is 2.02. The van der Waals surface area contributed by atoms with Crippen LogP contribution in [0, 0.1) is 0 Å². The van der Waals surface area contributed by atoms with Crippen LogP contribution >= 0.6 is 0 Å². The van der Waals surface area contributed by atoms with E-state index in [2.05, 4.69) is 15.8 Å².